The summed E-state index contributed by atoms with van der Waals surface area (Å²) >= 11 is 0.788. The molecule has 0 bridgehead atoms. The second-order valence-electron chi connectivity index (χ2n) is 5.72. The molecule has 1 fully saturated rings. The number of nitrogens with zero attached hydrogens (tertiary/aromatic N) is 1. The predicted molar refractivity (Wildman–Crippen MR) is 101 cm³/mol. The molecule has 2 aromatic rings. The van der Waals surface area contributed by atoms with Crippen LogP contribution in [0.1, 0.15) is 11.1 Å². The molecule has 6 nitrogen and oxygen atoms in total. The molecule has 3 rings (SSSR count). The van der Waals surface area contributed by atoms with E-state index in [0.717, 1.165) is 22.2 Å². The van der Waals surface area contributed by atoms with Gasteiger partial charge in [0.1, 0.15) is 12.3 Å². The fourth-order valence-corrected chi connectivity index (χ4v) is 3.24. The number of phenolic OH excluding ortho intramolecular Hbond substituents is 1. The third-order valence-electron chi connectivity index (χ3n) is 3.79. The molecule has 0 atom stereocenters. The molecule has 1 aliphatic rings. The Kier molecular flexibility index (Phi) is 5.09. The Labute approximate surface area is 154 Å². The number of aromatic hydroxyl groups is 1. The summed E-state index contributed by atoms with van der Waals surface area (Å²) in [5, 5.41) is 11.5. The number of imide groups is 1. The molecule has 0 aliphatic carbocycles. The summed E-state index contributed by atoms with van der Waals surface area (Å²) in [5.41, 5.74) is 2.21. The second kappa shape index (κ2) is 7.45. The van der Waals surface area contributed by atoms with Crippen LogP contribution in [0.3, 0.4) is 0 Å². The largest absolute Gasteiger partial charge is 0.508 e. The van der Waals surface area contributed by atoms with Crippen molar-refractivity contribution < 1.29 is 19.5 Å². The molecule has 2 aromatic carbocycles. The van der Waals surface area contributed by atoms with Gasteiger partial charge in [-0.25, -0.2) is 0 Å². The van der Waals surface area contributed by atoms with Crippen molar-refractivity contribution in [3.05, 3.63) is 64.6 Å². The van der Waals surface area contributed by atoms with Crippen molar-refractivity contribution in [3.63, 3.8) is 0 Å². The highest BCUT2D eigenvalue weighted by Crippen LogP contribution is 2.32. The van der Waals surface area contributed by atoms with Gasteiger partial charge in [0.2, 0.25) is 5.91 Å². The summed E-state index contributed by atoms with van der Waals surface area (Å²) in [6, 6.07) is 13.5. The van der Waals surface area contributed by atoms with E-state index in [1.807, 2.05) is 19.1 Å². The first kappa shape index (κ1) is 17.8. The fourth-order valence-electron chi connectivity index (χ4n) is 2.40. The number of carbonyl (C=O) groups excluding carboxylic acids is 3. The molecule has 0 aromatic heterocycles. The SMILES string of the molecule is Cc1ccccc1NC(=O)CN1C(=O)S/C(=C/c2ccc(O)cc2)C1=O. The highest BCUT2D eigenvalue weighted by atomic mass is 32.2. The number of rotatable bonds is 4. The number of nitrogens with one attached hydrogen (secondary N) is 1. The Hall–Kier alpha value is -3.06. The summed E-state index contributed by atoms with van der Waals surface area (Å²) < 4.78 is 0. The van der Waals surface area contributed by atoms with Gasteiger partial charge < -0.3 is 10.4 Å². The number of amides is 3. The molecular formula is C19H16N2O4S. The zero-order valence-electron chi connectivity index (χ0n) is 13.9. The third-order valence-corrected chi connectivity index (χ3v) is 4.69. The summed E-state index contributed by atoms with van der Waals surface area (Å²) in [6.07, 6.45) is 1.56. The van der Waals surface area contributed by atoms with Gasteiger partial charge in [0.15, 0.2) is 0 Å². The van der Waals surface area contributed by atoms with Crippen LogP contribution < -0.4 is 5.32 Å². The van der Waals surface area contributed by atoms with Gasteiger partial charge in [-0.05, 0) is 54.1 Å². The summed E-state index contributed by atoms with van der Waals surface area (Å²) in [5.74, 6) is -0.830. The normalized spacial score (nSPS) is 15.6. The first-order valence-corrected chi connectivity index (χ1v) is 8.65. The van der Waals surface area contributed by atoms with E-state index in [9.17, 15) is 19.5 Å². The molecule has 3 amide bonds. The molecule has 2 N–H and O–H groups in total. The Balaban J connectivity index is 1.70. The van der Waals surface area contributed by atoms with Crippen LogP contribution in [-0.2, 0) is 9.59 Å². The number of thioether (sulfide) groups is 1. The summed E-state index contributed by atoms with van der Waals surface area (Å²) in [4.78, 5) is 37.9. The second-order valence-corrected chi connectivity index (χ2v) is 6.72. The molecule has 26 heavy (non-hydrogen) atoms. The van der Waals surface area contributed by atoms with Crippen LogP contribution in [0, 0.1) is 6.92 Å². The van der Waals surface area contributed by atoms with E-state index in [2.05, 4.69) is 5.32 Å². The average molecular weight is 368 g/mol. The number of benzene rings is 2. The average Bonchev–Trinajstić information content (AvgIpc) is 2.86. The Bertz CT molecular complexity index is 906. The zero-order chi connectivity index (χ0) is 18.7. The number of hydrogen-bond acceptors (Lipinski definition) is 5. The predicted octanol–water partition coefficient (Wildman–Crippen LogP) is 3.38. The smallest absolute Gasteiger partial charge is 0.294 e. The van der Waals surface area contributed by atoms with E-state index < -0.39 is 17.1 Å². The van der Waals surface area contributed by atoms with Crippen molar-refractivity contribution in [1.82, 2.24) is 4.90 Å². The molecule has 7 heteroatoms. The van der Waals surface area contributed by atoms with Gasteiger partial charge in [-0.1, -0.05) is 30.3 Å². The van der Waals surface area contributed by atoms with Crippen LogP contribution >= 0.6 is 11.8 Å². The Morgan fingerprint density at radius 3 is 2.54 bits per heavy atom. The highest BCUT2D eigenvalue weighted by molar-refractivity contribution is 8.18. The number of para-hydroxylation sites is 1. The van der Waals surface area contributed by atoms with Crippen molar-refractivity contribution in [2.24, 2.45) is 0 Å². The topological polar surface area (TPSA) is 86.7 Å². The number of aryl methyl sites for hydroxylation is 1. The van der Waals surface area contributed by atoms with Gasteiger partial charge in [-0.2, -0.15) is 0 Å². The Morgan fingerprint density at radius 2 is 1.85 bits per heavy atom. The Morgan fingerprint density at radius 1 is 1.15 bits per heavy atom. The number of carbonyl (C=O) groups is 3. The van der Waals surface area contributed by atoms with E-state index >= 15 is 0 Å². The van der Waals surface area contributed by atoms with Gasteiger partial charge in [0, 0.05) is 5.69 Å². The lowest BCUT2D eigenvalue weighted by Crippen LogP contribution is -2.36. The lowest BCUT2D eigenvalue weighted by atomic mass is 10.2. The van der Waals surface area contributed by atoms with Crippen LogP contribution in [0.2, 0.25) is 0 Å². The molecule has 0 spiro atoms. The quantitative estimate of drug-likeness (QED) is 0.808. The van der Waals surface area contributed by atoms with E-state index in [0.29, 0.717) is 11.3 Å². The van der Waals surface area contributed by atoms with Gasteiger partial charge in [-0.15, -0.1) is 0 Å². The van der Waals surface area contributed by atoms with Crippen molar-refractivity contribution in [1.29, 1.82) is 0 Å². The standard InChI is InChI=1S/C19H16N2O4S/c1-12-4-2-3-5-15(12)20-17(23)11-21-18(24)16(26-19(21)25)10-13-6-8-14(22)9-7-13/h2-10,22H,11H2,1H3,(H,20,23)/b16-10+. The highest BCUT2D eigenvalue weighted by Gasteiger charge is 2.36. The molecule has 1 aliphatic heterocycles. The monoisotopic (exact) mass is 368 g/mol. The minimum Gasteiger partial charge on any atom is -0.508 e. The van der Waals surface area contributed by atoms with Crippen LogP contribution in [0.25, 0.3) is 6.08 Å². The number of hydrogen-bond donors (Lipinski definition) is 2. The van der Waals surface area contributed by atoms with Crippen molar-refractivity contribution in [2.75, 3.05) is 11.9 Å². The van der Waals surface area contributed by atoms with Crippen LogP contribution in [0.15, 0.2) is 53.4 Å². The van der Waals surface area contributed by atoms with E-state index in [4.69, 9.17) is 0 Å². The van der Waals surface area contributed by atoms with Crippen molar-refractivity contribution >= 4 is 40.6 Å². The zero-order valence-corrected chi connectivity index (χ0v) is 14.7. The molecule has 0 radical (unpaired) electrons. The molecule has 0 saturated carbocycles. The maximum atomic E-state index is 12.4. The lowest BCUT2D eigenvalue weighted by molar-refractivity contribution is -0.127. The summed E-state index contributed by atoms with van der Waals surface area (Å²) in [6.45, 7) is 1.52. The molecule has 1 heterocycles. The van der Waals surface area contributed by atoms with Gasteiger partial charge in [0.05, 0.1) is 4.91 Å². The van der Waals surface area contributed by atoms with Crippen LogP contribution in [0.5, 0.6) is 5.75 Å². The minimum atomic E-state index is -0.506. The third kappa shape index (κ3) is 3.94. The van der Waals surface area contributed by atoms with E-state index in [1.165, 1.54) is 12.1 Å². The van der Waals surface area contributed by atoms with E-state index in [-0.39, 0.29) is 17.2 Å². The van der Waals surface area contributed by atoms with Crippen molar-refractivity contribution in [2.45, 2.75) is 6.92 Å². The van der Waals surface area contributed by atoms with Crippen LogP contribution in [-0.4, -0.2) is 33.6 Å². The minimum absolute atomic E-state index is 0.114. The van der Waals surface area contributed by atoms with Gasteiger partial charge >= 0.3 is 0 Å². The maximum absolute atomic E-state index is 12.4. The maximum Gasteiger partial charge on any atom is 0.294 e. The summed E-state index contributed by atoms with van der Waals surface area (Å²) in [7, 11) is 0. The first-order chi connectivity index (χ1) is 12.4. The van der Waals surface area contributed by atoms with Gasteiger partial charge in [-0.3, -0.25) is 19.3 Å². The first-order valence-electron chi connectivity index (χ1n) is 7.84. The van der Waals surface area contributed by atoms with E-state index in [1.54, 1.807) is 30.3 Å². The van der Waals surface area contributed by atoms with Crippen LogP contribution in [0.4, 0.5) is 10.5 Å². The number of phenols is 1. The van der Waals surface area contributed by atoms with Crippen molar-refractivity contribution in [3.8, 4) is 5.75 Å². The molecule has 132 valence electrons. The molecule has 0 unspecified atom stereocenters. The number of anilines is 1. The molecular weight excluding hydrogens is 352 g/mol. The lowest BCUT2D eigenvalue weighted by Gasteiger charge is -2.13. The molecule has 1 saturated heterocycles. The fraction of sp³-hybridized carbons (Fsp3) is 0.105. The van der Waals surface area contributed by atoms with Gasteiger partial charge in [0.25, 0.3) is 11.1 Å².